The maximum Gasteiger partial charge on any atom is 0.459 e. The molecule has 1 saturated heterocycles. The number of anilines is 1. The highest BCUT2D eigenvalue weighted by molar-refractivity contribution is 7.52. The average molecular weight is 679 g/mol. The molecule has 4 rings (SSSR count). The Morgan fingerprint density at radius 2 is 1.81 bits per heavy atom. The van der Waals surface area contributed by atoms with Gasteiger partial charge in [0.25, 0.3) is 0 Å². The van der Waals surface area contributed by atoms with Gasteiger partial charge >= 0.3 is 19.8 Å². The zero-order chi connectivity index (χ0) is 33.9. The molecule has 2 aromatic heterocycles. The lowest BCUT2D eigenvalue weighted by molar-refractivity contribution is -0.145. The summed E-state index contributed by atoms with van der Waals surface area (Å²) in [6.07, 6.45) is 10.1. The number of nitrogens with zero attached hydrogens (tertiary/aromatic N) is 4. The minimum absolute atomic E-state index is 0.0653. The largest absolute Gasteiger partial charge is 0.465 e. The Kier molecular flexibility index (Phi) is 13.5. The third kappa shape index (κ3) is 10.4. The fourth-order valence-electron chi connectivity index (χ4n) is 5.40. The molecule has 0 amide bonds. The first-order chi connectivity index (χ1) is 22.5. The fourth-order valence-corrected chi connectivity index (χ4v) is 6.99. The summed E-state index contributed by atoms with van der Waals surface area (Å²) in [4.78, 5) is 24.2. The smallest absolute Gasteiger partial charge is 0.459 e. The summed E-state index contributed by atoms with van der Waals surface area (Å²) >= 11 is 0. The number of imidazole rings is 1. The van der Waals surface area contributed by atoms with Gasteiger partial charge in [-0.05, 0) is 32.4 Å². The number of fused-ring (bicyclic) bond motifs is 1. The van der Waals surface area contributed by atoms with Gasteiger partial charge in [0.1, 0.15) is 23.6 Å². The van der Waals surface area contributed by atoms with E-state index >= 15 is 0 Å². The van der Waals surface area contributed by atoms with Gasteiger partial charge in [-0.3, -0.25) is 13.9 Å². The normalized spacial score (nSPS) is 21.5. The van der Waals surface area contributed by atoms with Gasteiger partial charge in [-0.1, -0.05) is 82.9 Å². The van der Waals surface area contributed by atoms with Gasteiger partial charge < -0.3 is 24.8 Å². The van der Waals surface area contributed by atoms with Crippen LogP contribution < -0.4 is 15.3 Å². The Balaban J connectivity index is 1.31. The van der Waals surface area contributed by atoms with Crippen molar-refractivity contribution in [3.63, 3.8) is 0 Å². The van der Waals surface area contributed by atoms with E-state index in [2.05, 4.69) is 27.0 Å². The molecule has 4 N–H and O–H groups in total. The highest BCUT2D eigenvalue weighted by Gasteiger charge is 2.48. The first-order valence-electron chi connectivity index (χ1n) is 16.5. The van der Waals surface area contributed by atoms with E-state index in [1.54, 1.807) is 37.3 Å². The molecule has 0 aliphatic carbocycles. The molecule has 13 nitrogen and oxygen atoms in total. The second-order valence-electron chi connectivity index (χ2n) is 12.2. The van der Waals surface area contributed by atoms with Crippen molar-refractivity contribution in [1.82, 2.24) is 24.6 Å². The number of nitrogens with one attached hydrogen (secondary N) is 1. The minimum Gasteiger partial charge on any atom is -0.465 e. The molecule has 1 unspecified atom stereocenters. The molecule has 3 heterocycles. The van der Waals surface area contributed by atoms with Crippen LogP contribution in [0.25, 0.3) is 11.2 Å². The van der Waals surface area contributed by atoms with Crippen LogP contribution in [0.2, 0.25) is 0 Å². The van der Waals surface area contributed by atoms with Gasteiger partial charge in [-0.2, -0.15) is 19.4 Å². The molecule has 1 fully saturated rings. The van der Waals surface area contributed by atoms with E-state index in [1.165, 1.54) is 62.8 Å². The predicted octanol–water partition coefficient (Wildman–Crippen LogP) is 6.23. The number of rotatable bonds is 20. The topological polar surface area (TPSA) is 173 Å². The molecule has 260 valence electrons. The van der Waals surface area contributed by atoms with Gasteiger partial charge in [-0.25, -0.2) is 9.55 Å². The van der Waals surface area contributed by atoms with Gasteiger partial charge in [0, 0.05) is 6.42 Å². The number of carbonyl (C=O) groups is 1. The van der Waals surface area contributed by atoms with E-state index in [4.69, 9.17) is 24.3 Å². The van der Waals surface area contributed by atoms with Crippen LogP contribution in [0.15, 0.2) is 36.7 Å². The Morgan fingerprint density at radius 3 is 2.49 bits per heavy atom. The number of nitrogen functional groups attached to an aromatic ring is 1. The zero-order valence-electron chi connectivity index (χ0n) is 27.5. The Morgan fingerprint density at radius 1 is 1.15 bits per heavy atom. The Bertz CT molecular complexity index is 1480. The number of nitrogens with two attached hydrogens (primary N) is 1. The monoisotopic (exact) mass is 678 g/mol. The van der Waals surface area contributed by atoms with E-state index in [1.807, 2.05) is 0 Å². The number of esters is 1. The van der Waals surface area contributed by atoms with E-state index in [9.17, 15) is 18.9 Å². The summed E-state index contributed by atoms with van der Waals surface area (Å²) in [6.45, 7) is 5.18. The van der Waals surface area contributed by atoms with Crippen molar-refractivity contribution in [3.05, 3.63) is 42.7 Å². The minimum atomic E-state index is -4.22. The second-order valence-corrected chi connectivity index (χ2v) is 13.9. The number of halogens is 1. The number of benzene rings is 1. The van der Waals surface area contributed by atoms with Crippen LogP contribution in [0.5, 0.6) is 5.75 Å². The molecule has 15 heteroatoms. The molecule has 1 aliphatic rings. The molecule has 0 saturated carbocycles. The van der Waals surface area contributed by atoms with Crippen molar-refractivity contribution in [3.8, 4) is 5.75 Å². The molecule has 3 aromatic rings. The molecular formula is C32H48FN6O7P. The maximum atomic E-state index is 14.0. The Labute approximate surface area is 275 Å². The van der Waals surface area contributed by atoms with Crippen LogP contribution in [0.1, 0.15) is 97.6 Å². The molecule has 0 bridgehead atoms. The van der Waals surface area contributed by atoms with Crippen molar-refractivity contribution in [2.45, 2.75) is 115 Å². The number of carbonyl (C=O) groups excluding carboxylic acids is 1. The zero-order valence-corrected chi connectivity index (χ0v) is 28.4. The second kappa shape index (κ2) is 17.3. The summed E-state index contributed by atoms with van der Waals surface area (Å²) in [5.41, 5.74) is 4.69. The molecule has 0 spiro atoms. The van der Waals surface area contributed by atoms with Crippen molar-refractivity contribution < 1.29 is 37.4 Å². The predicted molar refractivity (Wildman–Crippen MR) is 175 cm³/mol. The van der Waals surface area contributed by atoms with E-state index in [0.29, 0.717) is 0 Å². The number of hydrogen-bond acceptors (Lipinski definition) is 11. The number of aromatic nitrogens is 4. The molecule has 5 atom stereocenters. The number of hydrogen-bond donors (Lipinski definition) is 3. The number of para-hydroxylation sites is 1. The number of aliphatic hydroxyl groups is 1. The van der Waals surface area contributed by atoms with Gasteiger partial charge in [0.2, 0.25) is 0 Å². The van der Waals surface area contributed by atoms with Crippen molar-refractivity contribution in [2.24, 2.45) is 0 Å². The SMILES string of the molecule is CCCCCCCCCCCCOC(=O)[C@H](C)NP(=O)(OC[C@@]1(C)O[C@@H](n2cnc3c(N)nc(F)nc32)C[C@@H]1O)Oc1ccccc1. The van der Waals surface area contributed by atoms with E-state index < -0.39 is 43.8 Å². The van der Waals surface area contributed by atoms with Gasteiger partial charge in [-0.15, -0.1) is 0 Å². The molecule has 1 aromatic carbocycles. The summed E-state index contributed by atoms with van der Waals surface area (Å²) in [5.74, 6) is -0.475. The fraction of sp³-hybridized carbons (Fsp3) is 0.625. The van der Waals surface area contributed by atoms with Gasteiger partial charge in [0.15, 0.2) is 17.0 Å². The standard InChI is InChI=1S/C32H48FN6O7P/c1-4-5-6-7-8-9-10-11-12-16-19-43-30(41)23(2)38-47(42,46-24-17-14-13-15-18-24)44-21-32(3)25(40)20-26(45-32)39-22-35-27-28(34)36-31(33)37-29(27)39/h13-15,17-18,22-23,25-26,40H,4-12,16,19-21H2,1-3H3,(H,38,42)(H2,34,36,37)/t23-,25-,26+,32+,47?/m0/s1. The molecule has 47 heavy (non-hydrogen) atoms. The number of aliphatic hydroxyl groups excluding tert-OH is 1. The quantitative estimate of drug-likeness (QED) is 0.0533. The van der Waals surface area contributed by atoms with Crippen LogP contribution in [0.3, 0.4) is 0 Å². The van der Waals surface area contributed by atoms with Gasteiger partial charge in [0.05, 0.1) is 25.6 Å². The lowest BCUT2D eigenvalue weighted by Crippen LogP contribution is -2.42. The lowest BCUT2D eigenvalue weighted by Gasteiger charge is -2.30. The highest BCUT2D eigenvalue weighted by Crippen LogP contribution is 2.48. The van der Waals surface area contributed by atoms with Crippen LogP contribution in [-0.4, -0.2) is 61.6 Å². The Hall–Kier alpha value is -3.16. The van der Waals surface area contributed by atoms with Crippen molar-refractivity contribution in [2.75, 3.05) is 18.9 Å². The molecule has 0 radical (unpaired) electrons. The van der Waals surface area contributed by atoms with Crippen LogP contribution in [0.4, 0.5) is 10.2 Å². The first-order valence-corrected chi connectivity index (χ1v) is 18.0. The van der Waals surface area contributed by atoms with Crippen molar-refractivity contribution in [1.29, 1.82) is 0 Å². The third-order valence-electron chi connectivity index (χ3n) is 8.20. The number of unbranched alkanes of at least 4 members (excludes halogenated alkanes) is 9. The average Bonchev–Trinajstić information content (AvgIpc) is 3.59. The summed E-state index contributed by atoms with van der Waals surface area (Å²) < 4.78 is 52.5. The maximum absolute atomic E-state index is 14.0. The number of ether oxygens (including phenoxy) is 2. The van der Waals surface area contributed by atoms with Crippen LogP contribution in [0, 0.1) is 6.08 Å². The summed E-state index contributed by atoms with van der Waals surface area (Å²) in [7, 11) is -4.22. The lowest BCUT2D eigenvalue weighted by atomic mass is 10.0. The highest BCUT2D eigenvalue weighted by atomic mass is 31.2. The molecular weight excluding hydrogens is 630 g/mol. The van der Waals surface area contributed by atoms with E-state index in [0.717, 1.165) is 19.3 Å². The van der Waals surface area contributed by atoms with Crippen molar-refractivity contribution >= 4 is 30.7 Å². The van der Waals surface area contributed by atoms with Crippen LogP contribution >= 0.6 is 7.75 Å². The summed E-state index contributed by atoms with van der Waals surface area (Å²) in [5, 5.41) is 13.7. The van der Waals surface area contributed by atoms with E-state index in [-0.39, 0.29) is 42.4 Å². The molecule has 1 aliphatic heterocycles. The first kappa shape index (κ1) is 36.7. The third-order valence-corrected chi connectivity index (χ3v) is 9.83. The van der Waals surface area contributed by atoms with Crippen LogP contribution in [-0.2, 0) is 23.4 Å². The summed E-state index contributed by atoms with van der Waals surface area (Å²) in [6, 6.07) is 7.35.